The molecule has 0 bridgehead atoms. The van der Waals surface area contributed by atoms with Gasteiger partial charge in [0, 0.05) is 36.5 Å². The fraction of sp³-hybridized carbons (Fsp3) is 0.174. The molecule has 0 fully saturated rings. The molecule has 3 N–H and O–H groups in total. The molecule has 0 aliphatic heterocycles. The Hall–Kier alpha value is -4.27. The van der Waals surface area contributed by atoms with Crippen LogP contribution in [-0.4, -0.2) is 38.2 Å². The number of benzene rings is 2. The zero-order chi connectivity index (χ0) is 23.0. The van der Waals surface area contributed by atoms with E-state index < -0.39 is 34.6 Å². The first-order chi connectivity index (χ1) is 15.3. The van der Waals surface area contributed by atoms with E-state index in [9.17, 15) is 24.9 Å². The molecule has 9 heteroatoms. The summed E-state index contributed by atoms with van der Waals surface area (Å²) in [6.45, 7) is 0. The SMILES string of the molecule is COC(=O)CC(c1c(O)c(O)c(O)c2c(=O)cc(-c3ccccc3)oc12)c1ccnn1C. The minimum Gasteiger partial charge on any atom is -0.504 e. The van der Waals surface area contributed by atoms with Crippen molar-refractivity contribution >= 4 is 16.9 Å². The lowest BCUT2D eigenvalue weighted by atomic mass is 9.89. The first kappa shape index (κ1) is 21.0. The van der Waals surface area contributed by atoms with E-state index in [1.165, 1.54) is 24.1 Å². The fourth-order valence-corrected chi connectivity index (χ4v) is 3.77. The van der Waals surface area contributed by atoms with E-state index in [0.717, 1.165) is 0 Å². The molecule has 0 aliphatic carbocycles. The van der Waals surface area contributed by atoms with Crippen molar-refractivity contribution in [2.75, 3.05) is 7.11 Å². The molecular formula is C23H20N2O7. The normalized spacial score (nSPS) is 12.1. The largest absolute Gasteiger partial charge is 0.504 e. The maximum absolute atomic E-state index is 12.9. The summed E-state index contributed by atoms with van der Waals surface area (Å²) in [6.07, 6.45) is 1.26. The molecule has 4 aromatic rings. The standard InChI is InChI=1S/C23H20N2O7/c1-25-14(8-9-24-25)13(10-17(27)31-2)18-20(28)22(30)21(29)19-15(26)11-16(32-23(18)19)12-6-4-3-5-7-12/h3-9,11,13,28-30H,10H2,1-2H3. The van der Waals surface area contributed by atoms with E-state index in [1.54, 1.807) is 43.4 Å². The second kappa shape index (κ2) is 8.10. The summed E-state index contributed by atoms with van der Waals surface area (Å²) in [7, 11) is 2.87. The summed E-state index contributed by atoms with van der Waals surface area (Å²) < 4.78 is 12.3. The molecule has 1 atom stereocenters. The van der Waals surface area contributed by atoms with Gasteiger partial charge in [-0.15, -0.1) is 0 Å². The van der Waals surface area contributed by atoms with Crippen LogP contribution in [0, 0.1) is 0 Å². The fourth-order valence-electron chi connectivity index (χ4n) is 3.77. The van der Waals surface area contributed by atoms with Crippen molar-refractivity contribution in [3.8, 4) is 28.6 Å². The number of nitrogens with zero attached hydrogens (tertiary/aromatic N) is 2. The molecule has 0 aliphatic rings. The molecule has 4 rings (SSSR count). The van der Waals surface area contributed by atoms with Gasteiger partial charge in [-0.2, -0.15) is 5.10 Å². The van der Waals surface area contributed by atoms with Gasteiger partial charge in [0.2, 0.25) is 5.75 Å². The Bertz CT molecular complexity index is 1370. The molecule has 32 heavy (non-hydrogen) atoms. The summed E-state index contributed by atoms with van der Waals surface area (Å²) in [5, 5.41) is 35.4. The van der Waals surface area contributed by atoms with Gasteiger partial charge in [-0.1, -0.05) is 30.3 Å². The molecule has 2 heterocycles. The summed E-state index contributed by atoms with van der Waals surface area (Å²) >= 11 is 0. The highest BCUT2D eigenvalue weighted by Gasteiger charge is 2.32. The second-order valence-corrected chi connectivity index (χ2v) is 7.22. The number of aromatic hydroxyl groups is 3. The van der Waals surface area contributed by atoms with Gasteiger partial charge in [-0.05, 0) is 6.07 Å². The van der Waals surface area contributed by atoms with Crippen LogP contribution in [-0.2, 0) is 16.6 Å². The van der Waals surface area contributed by atoms with E-state index in [4.69, 9.17) is 9.15 Å². The first-order valence-electron chi connectivity index (χ1n) is 9.68. The van der Waals surface area contributed by atoms with Crippen molar-refractivity contribution in [2.45, 2.75) is 12.3 Å². The van der Waals surface area contributed by atoms with E-state index in [1.807, 2.05) is 0 Å². The minimum absolute atomic E-state index is 0.0424. The molecule has 0 radical (unpaired) electrons. The number of methoxy groups -OCH3 is 1. The van der Waals surface area contributed by atoms with Crippen LogP contribution in [0.5, 0.6) is 17.2 Å². The van der Waals surface area contributed by atoms with Gasteiger partial charge in [-0.3, -0.25) is 14.3 Å². The van der Waals surface area contributed by atoms with Crippen molar-refractivity contribution in [2.24, 2.45) is 7.05 Å². The van der Waals surface area contributed by atoms with Crippen molar-refractivity contribution in [3.05, 3.63) is 70.1 Å². The molecule has 1 unspecified atom stereocenters. The maximum atomic E-state index is 12.9. The molecule has 9 nitrogen and oxygen atoms in total. The number of ether oxygens (including phenoxy) is 1. The van der Waals surface area contributed by atoms with Gasteiger partial charge in [-0.25, -0.2) is 0 Å². The Labute approximate surface area is 181 Å². The topological polar surface area (TPSA) is 135 Å². The Morgan fingerprint density at radius 1 is 1.12 bits per heavy atom. The number of esters is 1. The van der Waals surface area contributed by atoms with Crippen molar-refractivity contribution in [1.82, 2.24) is 9.78 Å². The third kappa shape index (κ3) is 3.43. The lowest BCUT2D eigenvalue weighted by Crippen LogP contribution is -2.15. The van der Waals surface area contributed by atoms with Gasteiger partial charge in [0.1, 0.15) is 16.7 Å². The van der Waals surface area contributed by atoms with Crippen LogP contribution in [0.2, 0.25) is 0 Å². The second-order valence-electron chi connectivity index (χ2n) is 7.22. The van der Waals surface area contributed by atoms with E-state index in [-0.39, 0.29) is 28.7 Å². The van der Waals surface area contributed by atoms with Crippen LogP contribution >= 0.6 is 0 Å². The van der Waals surface area contributed by atoms with Crippen LogP contribution < -0.4 is 5.43 Å². The summed E-state index contributed by atoms with van der Waals surface area (Å²) in [5.41, 5.74) is 0.263. The molecular weight excluding hydrogens is 416 g/mol. The number of hydrogen-bond acceptors (Lipinski definition) is 8. The number of hydrogen-bond donors (Lipinski definition) is 3. The third-order valence-electron chi connectivity index (χ3n) is 5.35. The Morgan fingerprint density at radius 2 is 1.84 bits per heavy atom. The van der Waals surface area contributed by atoms with Crippen LogP contribution in [0.4, 0.5) is 0 Å². The Kier molecular flexibility index (Phi) is 5.31. The zero-order valence-corrected chi connectivity index (χ0v) is 17.3. The molecule has 0 amide bonds. The minimum atomic E-state index is -0.905. The Morgan fingerprint density at radius 3 is 2.47 bits per heavy atom. The first-order valence-corrected chi connectivity index (χ1v) is 9.68. The predicted octanol–water partition coefficient (Wildman–Crippen LogP) is 3.01. The molecule has 2 aromatic heterocycles. The lowest BCUT2D eigenvalue weighted by Gasteiger charge is -2.20. The van der Waals surface area contributed by atoms with Gasteiger partial charge >= 0.3 is 5.97 Å². The monoisotopic (exact) mass is 436 g/mol. The highest BCUT2D eigenvalue weighted by molar-refractivity contribution is 5.93. The maximum Gasteiger partial charge on any atom is 0.306 e. The van der Waals surface area contributed by atoms with Crippen LogP contribution in [0.25, 0.3) is 22.3 Å². The van der Waals surface area contributed by atoms with Gasteiger partial charge in [0.15, 0.2) is 16.9 Å². The number of phenolic OH excluding ortho intramolecular Hbond substituents is 3. The van der Waals surface area contributed by atoms with Gasteiger partial charge in [0.25, 0.3) is 0 Å². The van der Waals surface area contributed by atoms with E-state index in [2.05, 4.69) is 5.10 Å². The molecule has 0 spiro atoms. The highest BCUT2D eigenvalue weighted by atomic mass is 16.5. The average molecular weight is 436 g/mol. The molecule has 164 valence electrons. The molecule has 2 aromatic carbocycles. The average Bonchev–Trinajstić information content (AvgIpc) is 3.22. The Balaban J connectivity index is 2.10. The summed E-state index contributed by atoms with van der Waals surface area (Å²) in [5.74, 6) is -3.72. The van der Waals surface area contributed by atoms with Gasteiger partial charge < -0.3 is 24.5 Å². The highest BCUT2D eigenvalue weighted by Crippen LogP contribution is 2.49. The molecule has 0 saturated heterocycles. The van der Waals surface area contributed by atoms with Crippen LogP contribution in [0.3, 0.4) is 0 Å². The number of carbonyl (C=O) groups is 1. The number of aryl methyl sites for hydroxylation is 1. The van der Waals surface area contributed by atoms with Gasteiger partial charge in [0.05, 0.1) is 19.1 Å². The summed E-state index contributed by atoms with van der Waals surface area (Å²) in [4.78, 5) is 25.2. The van der Waals surface area contributed by atoms with Crippen LogP contribution in [0.1, 0.15) is 23.6 Å². The number of rotatable bonds is 5. The quantitative estimate of drug-likeness (QED) is 0.321. The number of carbonyl (C=O) groups excluding carboxylic acids is 1. The number of phenols is 3. The van der Waals surface area contributed by atoms with Crippen molar-refractivity contribution in [3.63, 3.8) is 0 Å². The van der Waals surface area contributed by atoms with E-state index >= 15 is 0 Å². The zero-order valence-electron chi connectivity index (χ0n) is 17.3. The number of fused-ring (bicyclic) bond motifs is 1. The van der Waals surface area contributed by atoms with Crippen molar-refractivity contribution in [1.29, 1.82) is 0 Å². The number of aromatic nitrogens is 2. The smallest absolute Gasteiger partial charge is 0.306 e. The molecule has 0 saturated carbocycles. The van der Waals surface area contributed by atoms with E-state index in [0.29, 0.717) is 11.3 Å². The third-order valence-corrected chi connectivity index (χ3v) is 5.35. The van der Waals surface area contributed by atoms with Crippen LogP contribution in [0.15, 0.2) is 57.9 Å². The predicted molar refractivity (Wildman–Crippen MR) is 115 cm³/mol. The van der Waals surface area contributed by atoms with Crippen molar-refractivity contribution < 1.29 is 29.3 Å². The summed E-state index contributed by atoms with van der Waals surface area (Å²) in [6, 6.07) is 11.6. The lowest BCUT2D eigenvalue weighted by molar-refractivity contribution is -0.140.